The van der Waals surface area contributed by atoms with E-state index in [-0.39, 0.29) is 0 Å². The van der Waals surface area contributed by atoms with Crippen molar-refractivity contribution in [1.29, 1.82) is 5.26 Å². The lowest BCUT2D eigenvalue weighted by Crippen LogP contribution is -2.06. The van der Waals surface area contributed by atoms with Gasteiger partial charge in [-0.05, 0) is 13.0 Å². The van der Waals surface area contributed by atoms with Crippen molar-refractivity contribution in [2.75, 3.05) is 11.9 Å². The third kappa shape index (κ3) is 2.76. The van der Waals surface area contributed by atoms with Crippen LogP contribution in [0.2, 0.25) is 0 Å². The zero-order valence-corrected chi connectivity index (χ0v) is 7.91. The van der Waals surface area contributed by atoms with Crippen molar-refractivity contribution >= 4 is 5.95 Å². The maximum atomic E-state index is 8.66. The molecule has 1 N–H and O–H groups in total. The third-order valence-electron chi connectivity index (χ3n) is 1.52. The van der Waals surface area contributed by atoms with Crippen LogP contribution in [-0.2, 0) is 0 Å². The summed E-state index contributed by atoms with van der Waals surface area (Å²) >= 11 is 0. The van der Waals surface area contributed by atoms with Gasteiger partial charge in [-0.25, -0.2) is 9.97 Å². The SMILES string of the molecule is C#CCCNc1nc(C)cc(C#N)n1. The van der Waals surface area contributed by atoms with Gasteiger partial charge in [-0.3, -0.25) is 0 Å². The van der Waals surface area contributed by atoms with E-state index in [4.69, 9.17) is 11.7 Å². The van der Waals surface area contributed by atoms with E-state index in [9.17, 15) is 0 Å². The van der Waals surface area contributed by atoms with Crippen LogP contribution in [0, 0.1) is 30.6 Å². The molecule has 14 heavy (non-hydrogen) atoms. The number of hydrogen-bond acceptors (Lipinski definition) is 4. The molecule has 0 radical (unpaired) electrons. The lowest BCUT2D eigenvalue weighted by atomic mass is 10.3. The van der Waals surface area contributed by atoms with Crippen LogP contribution in [0.25, 0.3) is 0 Å². The lowest BCUT2D eigenvalue weighted by molar-refractivity contribution is 1.01. The monoisotopic (exact) mass is 186 g/mol. The molecular formula is C10H10N4. The van der Waals surface area contributed by atoms with Crippen molar-refractivity contribution in [2.45, 2.75) is 13.3 Å². The Balaban J connectivity index is 2.74. The molecule has 4 nitrogen and oxygen atoms in total. The minimum absolute atomic E-state index is 0.362. The van der Waals surface area contributed by atoms with Crippen LogP contribution in [0.1, 0.15) is 17.8 Å². The van der Waals surface area contributed by atoms with Crippen LogP contribution < -0.4 is 5.32 Å². The molecule has 0 bridgehead atoms. The Labute approximate surface area is 83.0 Å². The molecule has 0 aliphatic rings. The molecule has 0 aromatic carbocycles. The van der Waals surface area contributed by atoms with E-state index in [2.05, 4.69) is 21.2 Å². The number of terminal acetylenes is 1. The number of rotatable bonds is 3. The van der Waals surface area contributed by atoms with Crippen LogP contribution in [0.4, 0.5) is 5.95 Å². The summed E-state index contributed by atoms with van der Waals surface area (Å²) in [5.74, 6) is 2.95. The Morgan fingerprint density at radius 2 is 2.36 bits per heavy atom. The highest BCUT2D eigenvalue weighted by Crippen LogP contribution is 2.03. The fraction of sp³-hybridized carbons (Fsp3) is 0.300. The van der Waals surface area contributed by atoms with E-state index in [1.165, 1.54) is 0 Å². The minimum Gasteiger partial charge on any atom is -0.353 e. The number of aryl methyl sites for hydroxylation is 1. The number of nitriles is 1. The normalized spacial score (nSPS) is 8.79. The highest BCUT2D eigenvalue weighted by molar-refractivity contribution is 5.32. The molecule has 70 valence electrons. The molecule has 0 aliphatic carbocycles. The van der Waals surface area contributed by atoms with Crippen molar-refractivity contribution in [3.05, 3.63) is 17.5 Å². The van der Waals surface area contributed by atoms with E-state index < -0.39 is 0 Å². The number of nitrogens with one attached hydrogen (secondary N) is 1. The first-order chi connectivity index (χ1) is 6.76. The summed E-state index contributed by atoms with van der Waals surface area (Å²) < 4.78 is 0. The molecule has 1 heterocycles. The highest BCUT2D eigenvalue weighted by atomic mass is 15.1. The fourth-order valence-corrected chi connectivity index (χ4v) is 0.951. The number of hydrogen-bond donors (Lipinski definition) is 1. The molecule has 0 fully saturated rings. The fourth-order valence-electron chi connectivity index (χ4n) is 0.951. The Morgan fingerprint density at radius 3 is 3.00 bits per heavy atom. The van der Waals surface area contributed by atoms with Crippen LogP contribution in [0.3, 0.4) is 0 Å². The second kappa shape index (κ2) is 4.84. The Hall–Kier alpha value is -2.07. The molecule has 0 amide bonds. The van der Waals surface area contributed by atoms with Gasteiger partial charge in [0.15, 0.2) is 0 Å². The zero-order chi connectivity index (χ0) is 10.4. The van der Waals surface area contributed by atoms with Crippen molar-refractivity contribution in [1.82, 2.24) is 9.97 Å². The van der Waals surface area contributed by atoms with Gasteiger partial charge in [-0.2, -0.15) is 5.26 Å². The molecule has 1 rings (SSSR count). The first-order valence-corrected chi connectivity index (χ1v) is 4.19. The van der Waals surface area contributed by atoms with Crippen LogP contribution in [-0.4, -0.2) is 16.5 Å². The van der Waals surface area contributed by atoms with E-state index >= 15 is 0 Å². The molecule has 1 aromatic rings. The topological polar surface area (TPSA) is 61.6 Å². The van der Waals surface area contributed by atoms with Gasteiger partial charge in [0.25, 0.3) is 0 Å². The van der Waals surface area contributed by atoms with E-state index in [1.54, 1.807) is 6.07 Å². The van der Waals surface area contributed by atoms with Gasteiger partial charge in [0.1, 0.15) is 11.8 Å². The number of aromatic nitrogens is 2. The van der Waals surface area contributed by atoms with Crippen LogP contribution in [0.5, 0.6) is 0 Å². The van der Waals surface area contributed by atoms with Gasteiger partial charge in [0.05, 0.1) is 0 Å². The Kier molecular flexibility index (Phi) is 3.46. The lowest BCUT2D eigenvalue weighted by Gasteiger charge is -2.02. The first kappa shape index (κ1) is 10.0. The van der Waals surface area contributed by atoms with Crippen molar-refractivity contribution < 1.29 is 0 Å². The summed E-state index contributed by atoms with van der Waals surface area (Å²) in [6.07, 6.45) is 5.71. The van der Waals surface area contributed by atoms with Crippen molar-refractivity contribution in [2.24, 2.45) is 0 Å². The molecule has 4 heteroatoms. The summed E-state index contributed by atoms with van der Waals surface area (Å²) in [6.45, 7) is 2.43. The molecule has 0 saturated carbocycles. The molecular weight excluding hydrogens is 176 g/mol. The molecule has 1 aromatic heterocycles. The van der Waals surface area contributed by atoms with Crippen molar-refractivity contribution in [3.8, 4) is 18.4 Å². The predicted molar refractivity (Wildman–Crippen MR) is 53.4 cm³/mol. The highest BCUT2D eigenvalue weighted by Gasteiger charge is 1.99. The summed E-state index contributed by atoms with van der Waals surface area (Å²) in [7, 11) is 0. The largest absolute Gasteiger partial charge is 0.353 e. The standard InChI is InChI=1S/C10H10N4/c1-3-4-5-12-10-13-8(2)6-9(7-11)14-10/h1,6H,4-5H2,2H3,(H,12,13,14). The first-order valence-electron chi connectivity index (χ1n) is 4.19. The predicted octanol–water partition coefficient (Wildman–Crippen LogP) is 1.09. The van der Waals surface area contributed by atoms with Crippen molar-refractivity contribution in [3.63, 3.8) is 0 Å². The minimum atomic E-state index is 0.362. The number of nitrogens with zero attached hydrogens (tertiary/aromatic N) is 3. The maximum absolute atomic E-state index is 8.66. The van der Waals surface area contributed by atoms with E-state index in [1.807, 2.05) is 13.0 Å². The van der Waals surface area contributed by atoms with Crippen LogP contribution >= 0.6 is 0 Å². The molecule has 0 aliphatic heterocycles. The van der Waals surface area contributed by atoms with E-state index in [0.717, 1.165) is 5.69 Å². The van der Waals surface area contributed by atoms with E-state index in [0.29, 0.717) is 24.6 Å². The van der Waals surface area contributed by atoms with Gasteiger partial charge < -0.3 is 5.32 Å². The average Bonchev–Trinajstić information content (AvgIpc) is 2.17. The molecule has 0 spiro atoms. The van der Waals surface area contributed by atoms with Gasteiger partial charge in [0.2, 0.25) is 5.95 Å². The molecule has 0 unspecified atom stereocenters. The summed E-state index contributed by atoms with van der Waals surface area (Å²) in [5.41, 5.74) is 1.13. The number of anilines is 1. The molecule has 0 saturated heterocycles. The second-order valence-electron chi connectivity index (χ2n) is 2.71. The van der Waals surface area contributed by atoms with Gasteiger partial charge in [0, 0.05) is 18.7 Å². The Morgan fingerprint density at radius 1 is 1.57 bits per heavy atom. The van der Waals surface area contributed by atoms with Gasteiger partial charge in [-0.15, -0.1) is 12.3 Å². The summed E-state index contributed by atoms with van der Waals surface area (Å²) in [6, 6.07) is 3.60. The second-order valence-corrected chi connectivity index (χ2v) is 2.71. The maximum Gasteiger partial charge on any atom is 0.224 e. The van der Waals surface area contributed by atoms with Crippen LogP contribution in [0.15, 0.2) is 6.07 Å². The Bertz CT molecular complexity index is 398. The van der Waals surface area contributed by atoms with Gasteiger partial charge >= 0.3 is 0 Å². The van der Waals surface area contributed by atoms with Gasteiger partial charge in [-0.1, -0.05) is 0 Å². The quantitative estimate of drug-likeness (QED) is 0.567. The summed E-state index contributed by atoms with van der Waals surface area (Å²) in [5, 5.41) is 11.6. The average molecular weight is 186 g/mol. The summed E-state index contributed by atoms with van der Waals surface area (Å²) in [4.78, 5) is 8.08. The third-order valence-corrected chi connectivity index (χ3v) is 1.52. The smallest absolute Gasteiger partial charge is 0.224 e. The zero-order valence-electron chi connectivity index (χ0n) is 7.91. The molecule has 0 atom stereocenters.